The van der Waals surface area contributed by atoms with Gasteiger partial charge in [-0.2, -0.15) is 23.9 Å². The number of likely N-dealkylation sites (tertiary alicyclic amines) is 1. The number of alkyl carbamates (subject to hydrolysis) is 1. The SMILES string of the molecule is CNC(=O)O[C@H]1CCCC1C(C#N)(c1ccccc1)C1CCN(CC2CN(c3ccc(OSN(C)c4cnn(C)c4)cc3)C2)CC1.S. The lowest BCUT2D eigenvalue weighted by atomic mass is 9.59. The van der Waals surface area contributed by atoms with Crippen LogP contribution in [0.4, 0.5) is 16.2 Å². The van der Waals surface area contributed by atoms with Crippen molar-refractivity contribution in [3.63, 3.8) is 0 Å². The van der Waals surface area contributed by atoms with Crippen LogP contribution in [0.1, 0.15) is 37.7 Å². The molecule has 6 rings (SSSR count). The van der Waals surface area contributed by atoms with Crippen molar-refractivity contribution in [1.29, 1.82) is 5.26 Å². The molecule has 3 atom stereocenters. The number of benzene rings is 2. The molecule has 0 radical (unpaired) electrons. The van der Waals surface area contributed by atoms with E-state index in [2.05, 4.69) is 50.5 Å². The van der Waals surface area contributed by atoms with Gasteiger partial charge >= 0.3 is 6.09 Å². The number of piperidine rings is 1. The molecule has 3 aliphatic rings. The van der Waals surface area contributed by atoms with E-state index >= 15 is 0 Å². The third-order valence-corrected chi connectivity index (χ3v) is 10.8. The smallest absolute Gasteiger partial charge is 0.407 e. The van der Waals surface area contributed by atoms with E-state index in [0.29, 0.717) is 5.92 Å². The van der Waals surface area contributed by atoms with Crippen LogP contribution in [0.2, 0.25) is 0 Å². The molecular formula is C35H47N7O3S2. The number of nitrogens with one attached hydrogen (secondary N) is 1. The molecule has 10 nitrogen and oxygen atoms in total. The van der Waals surface area contributed by atoms with Gasteiger partial charge in [0.15, 0.2) is 12.2 Å². The fourth-order valence-electron chi connectivity index (χ4n) is 7.75. The molecule has 47 heavy (non-hydrogen) atoms. The Labute approximate surface area is 290 Å². The molecule has 2 unspecified atom stereocenters. The van der Waals surface area contributed by atoms with Crippen LogP contribution in [0.3, 0.4) is 0 Å². The summed E-state index contributed by atoms with van der Waals surface area (Å²) < 4.78 is 15.5. The van der Waals surface area contributed by atoms with Crippen LogP contribution in [0.15, 0.2) is 67.0 Å². The zero-order valence-corrected chi connectivity index (χ0v) is 29.4. The maximum absolute atomic E-state index is 12.2. The Morgan fingerprint density at radius 2 is 1.83 bits per heavy atom. The van der Waals surface area contributed by atoms with E-state index in [-0.39, 0.29) is 31.4 Å². The molecule has 252 valence electrons. The number of anilines is 2. The minimum atomic E-state index is -0.668. The summed E-state index contributed by atoms with van der Waals surface area (Å²) in [6.45, 7) is 5.15. The molecule has 1 aromatic heterocycles. The van der Waals surface area contributed by atoms with Crippen molar-refractivity contribution in [2.45, 2.75) is 43.6 Å². The molecule has 3 aromatic rings. The second-order valence-electron chi connectivity index (χ2n) is 12.9. The first-order valence-corrected chi connectivity index (χ1v) is 17.1. The van der Waals surface area contributed by atoms with E-state index in [9.17, 15) is 10.1 Å². The van der Waals surface area contributed by atoms with Gasteiger partial charge in [-0.05, 0) is 80.9 Å². The van der Waals surface area contributed by atoms with E-state index in [1.165, 1.54) is 17.9 Å². The number of carbonyl (C=O) groups excluding carboxylic acids is 1. The summed E-state index contributed by atoms with van der Waals surface area (Å²) in [5.74, 6) is 1.66. The Hall–Kier alpha value is -3.53. The number of aryl methyl sites for hydroxylation is 1. The second kappa shape index (κ2) is 15.6. The number of rotatable bonds is 11. The molecule has 0 bridgehead atoms. The number of carbonyl (C=O) groups is 1. The van der Waals surface area contributed by atoms with Crippen molar-refractivity contribution in [2.75, 3.05) is 56.0 Å². The molecule has 12 heteroatoms. The fraction of sp³-hybridized carbons (Fsp3) is 0.514. The summed E-state index contributed by atoms with van der Waals surface area (Å²) >= 11 is 1.28. The average molecular weight is 678 g/mol. The van der Waals surface area contributed by atoms with Crippen LogP contribution in [-0.2, 0) is 17.2 Å². The van der Waals surface area contributed by atoms with Crippen LogP contribution < -0.4 is 18.7 Å². The van der Waals surface area contributed by atoms with E-state index in [0.717, 1.165) is 81.8 Å². The Morgan fingerprint density at radius 3 is 2.47 bits per heavy atom. The monoisotopic (exact) mass is 677 g/mol. The van der Waals surface area contributed by atoms with Crippen molar-refractivity contribution in [1.82, 2.24) is 20.0 Å². The molecular weight excluding hydrogens is 631 g/mol. The van der Waals surface area contributed by atoms with Crippen molar-refractivity contribution < 1.29 is 13.7 Å². The highest BCUT2D eigenvalue weighted by Gasteiger charge is 2.53. The van der Waals surface area contributed by atoms with Gasteiger partial charge in [-0.1, -0.05) is 30.3 Å². The Balaban J connectivity index is 0.00000433. The highest BCUT2D eigenvalue weighted by molar-refractivity contribution is 7.96. The predicted molar refractivity (Wildman–Crippen MR) is 192 cm³/mol. The van der Waals surface area contributed by atoms with E-state index < -0.39 is 11.5 Å². The first-order valence-electron chi connectivity index (χ1n) is 16.4. The van der Waals surface area contributed by atoms with Gasteiger partial charge < -0.3 is 24.0 Å². The second-order valence-corrected chi connectivity index (χ2v) is 13.8. The highest BCUT2D eigenvalue weighted by Crippen LogP contribution is 2.51. The van der Waals surface area contributed by atoms with Gasteiger partial charge in [0.05, 0.1) is 23.4 Å². The zero-order valence-electron chi connectivity index (χ0n) is 27.5. The number of nitrogens with zero attached hydrogens (tertiary/aromatic N) is 6. The molecule has 2 aliphatic heterocycles. The lowest BCUT2D eigenvalue weighted by molar-refractivity contribution is 0.0307. The average Bonchev–Trinajstić information content (AvgIpc) is 3.73. The van der Waals surface area contributed by atoms with Gasteiger partial charge in [0, 0.05) is 64.5 Å². The summed E-state index contributed by atoms with van der Waals surface area (Å²) in [6, 6.07) is 21.4. The standard InChI is InChI=1S/C35H45N7O3S.H2S/c1-37-34(43)44-33-11-7-10-32(33)35(25-36,27-8-5-4-6-9-27)28-16-18-41(19-17-28)21-26-22-42(23-26)29-12-14-31(15-13-29)45-46-40(3)30-20-38-39(2)24-30;/h4-6,8-9,12-15,20,24,26,28,32-33H,7,10-11,16-19,21-23H2,1-3H3,(H,37,43);1H2/t32?,33-,35?;/m0./s1. The molecule has 1 N–H and O–H groups in total. The summed E-state index contributed by atoms with van der Waals surface area (Å²) in [7, 11) is 5.45. The molecule has 3 fully saturated rings. The Bertz CT molecular complexity index is 1490. The zero-order chi connectivity index (χ0) is 32.1. The normalized spacial score (nSPS) is 21.5. The first kappa shape index (κ1) is 34.8. The van der Waals surface area contributed by atoms with Gasteiger partial charge in [0.2, 0.25) is 0 Å². The van der Waals surface area contributed by atoms with Crippen LogP contribution >= 0.6 is 25.7 Å². The maximum Gasteiger partial charge on any atom is 0.407 e. The topological polar surface area (TPSA) is 98.9 Å². The van der Waals surface area contributed by atoms with Crippen molar-refractivity contribution in [3.8, 4) is 11.8 Å². The fourth-order valence-corrected chi connectivity index (χ4v) is 8.24. The van der Waals surface area contributed by atoms with Gasteiger partial charge in [-0.15, -0.1) is 0 Å². The number of hydrogen-bond donors (Lipinski definition) is 1. The largest absolute Gasteiger partial charge is 0.446 e. The van der Waals surface area contributed by atoms with Gasteiger partial charge in [-0.25, -0.2) is 4.79 Å². The number of ether oxygens (including phenoxy) is 1. The minimum absolute atomic E-state index is 0. The third kappa shape index (κ3) is 7.63. The quantitative estimate of drug-likeness (QED) is 0.201. The number of hydrogen-bond acceptors (Lipinski definition) is 9. The molecule has 1 saturated carbocycles. The van der Waals surface area contributed by atoms with Gasteiger partial charge in [-0.3, -0.25) is 8.99 Å². The molecule has 1 aliphatic carbocycles. The van der Waals surface area contributed by atoms with Crippen molar-refractivity contribution >= 4 is 43.2 Å². The summed E-state index contributed by atoms with van der Waals surface area (Å²) in [5.41, 5.74) is 2.60. The predicted octanol–water partition coefficient (Wildman–Crippen LogP) is 5.75. The minimum Gasteiger partial charge on any atom is -0.446 e. The number of amides is 1. The van der Waals surface area contributed by atoms with Crippen LogP contribution in [-0.4, -0.2) is 73.7 Å². The van der Waals surface area contributed by atoms with Crippen molar-refractivity contribution in [3.05, 3.63) is 72.6 Å². The number of nitriles is 1. The van der Waals surface area contributed by atoms with Crippen LogP contribution in [0.25, 0.3) is 0 Å². The Kier molecular flexibility index (Phi) is 11.5. The molecule has 3 heterocycles. The van der Waals surface area contributed by atoms with E-state index in [4.69, 9.17) is 8.92 Å². The lowest BCUT2D eigenvalue weighted by Gasteiger charge is -2.47. The van der Waals surface area contributed by atoms with Gasteiger partial charge in [0.25, 0.3) is 0 Å². The summed E-state index contributed by atoms with van der Waals surface area (Å²) in [5, 5.41) is 17.7. The van der Waals surface area contributed by atoms with Crippen LogP contribution in [0, 0.1) is 29.1 Å². The summed E-state index contributed by atoms with van der Waals surface area (Å²) in [4.78, 5) is 17.2. The molecule has 2 aromatic carbocycles. The summed E-state index contributed by atoms with van der Waals surface area (Å²) in [6.07, 6.45) is 7.72. The molecule has 2 saturated heterocycles. The molecule has 1 amide bonds. The first-order chi connectivity index (χ1) is 22.4. The number of aromatic nitrogens is 2. The molecule has 0 spiro atoms. The Morgan fingerprint density at radius 1 is 1.11 bits per heavy atom. The van der Waals surface area contributed by atoms with Crippen LogP contribution in [0.5, 0.6) is 5.75 Å². The third-order valence-electron chi connectivity index (χ3n) is 10.1. The van der Waals surface area contributed by atoms with Gasteiger partial charge in [0.1, 0.15) is 11.9 Å². The van der Waals surface area contributed by atoms with E-state index in [1.807, 2.05) is 61.1 Å². The maximum atomic E-state index is 12.2. The highest BCUT2D eigenvalue weighted by atomic mass is 32.2. The van der Waals surface area contributed by atoms with Crippen molar-refractivity contribution in [2.24, 2.45) is 24.8 Å². The van der Waals surface area contributed by atoms with E-state index in [1.54, 1.807) is 11.7 Å². The lowest BCUT2D eigenvalue weighted by Crippen LogP contribution is -2.54.